The van der Waals surface area contributed by atoms with Gasteiger partial charge in [0.05, 0.1) is 29.3 Å². The van der Waals surface area contributed by atoms with Crippen molar-refractivity contribution >= 4 is 5.69 Å². The fraction of sp³-hybridized carbons (Fsp3) is 0.500. The van der Waals surface area contributed by atoms with Crippen molar-refractivity contribution in [3.05, 3.63) is 29.3 Å². The Balaban J connectivity index is 2.15. The summed E-state index contributed by atoms with van der Waals surface area (Å²) in [6.07, 6.45) is 1.76. The third kappa shape index (κ3) is 2.33. The summed E-state index contributed by atoms with van der Waals surface area (Å²) in [6.45, 7) is 9.14. The first-order valence-corrected chi connectivity index (χ1v) is 5.87. The number of rotatable bonds is 4. The number of anilines is 1. The van der Waals surface area contributed by atoms with Gasteiger partial charge in [-0.25, -0.2) is 0 Å². The summed E-state index contributed by atoms with van der Waals surface area (Å²) in [5.41, 5.74) is 4.40. The third-order valence-corrected chi connectivity index (χ3v) is 2.83. The highest BCUT2D eigenvalue weighted by molar-refractivity contribution is 5.52. The lowest BCUT2D eigenvalue weighted by molar-refractivity contribution is 0.516. The molecule has 2 aromatic heterocycles. The number of nitrogens with one attached hydrogen (secondary N) is 2. The van der Waals surface area contributed by atoms with Gasteiger partial charge in [-0.3, -0.25) is 9.78 Å². The first-order chi connectivity index (χ1) is 8.09. The van der Waals surface area contributed by atoms with Crippen molar-refractivity contribution in [2.45, 2.75) is 40.3 Å². The van der Waals surface area contributed by atoms with E-state index in [1.165, 1.54) is 5.69 Å². The highest BCUT2D eigenvalue weighted by atomic mass is 15.3. The zero-order valence-corrected chi connectivity index (χ0v) is 10.8. The monoisotopic (exact) mass is 233 g/mol. The van der Waals surface area contributed by atoms with Crippen LogP contribution in [0, 0.1) is 13.8 Å². The van der Waals surface area contributed by atoms with E-state index in [1.807, 2.05) is 17.7 Å². The average Bonchev–Trinajstić information content (AvgIpc) is 2.86. The Bertz CT molecular complexity index is 481. The third-order valence-electron chi connectivity index (χ3n) is 2.83. The number of hydrogen-bond acceptors (Lipinski definition) is 3. The normalized spacial score (nSPS) is 11.1. The molecule has 0 aromatic carbocycles. The highest BCUT2D eigenvalue weighted by Gasteiger charge is 2.12. The molecule has 0 bridgehead atoms. The van der Waals surface area contributed by atoms with Crippen LogP contribution in [0.2, 0.25) is 0 Å². The molecular formula is C12H19N5. The number of H-pyrrole nitrogens is 1. The van der Waals surface area contributed by atoms with Crippen molar-refractivity contribution in [3.8, 4) is 0 Å². The van der Waals surface area contributed by atoms with E-state index in [9.17, 15) is 0 Å². The molecule has 0 fully saturated rings. The number of aryl methyl sites for hydroxylation is 1. The Morgan fingerprint density at radius 1 is 1.41 bits per heavy atom. The van der Waals surface area contributed by atoms with E-state index < -0.39 is 0 Å². The smallest absolute Gasteiger partial charge is 0.0828 e. The van der Waals surface area contributed by atoms with Gasteiger partial charge in [0.25, 0.3) is 0 Å². The van der Waals surface area contributed by atoms with Crippen LogP contribution in [-0.2, 0) is 6.54 Å². The van der Waals surface area contributed by atoms with Crippen molar-refractivity contribution in [1.29, 1.82) is 0 Å². The lowest BCUT2D eigenvalue weighted by Crippen LogP contribution is -2.06. The summed E-state index contributed by atoms with van der Waals surface area (Å²) in [5, 5.41) is 14.8. The van der Waals surface area contributed by atoms with E-state index in [2.05, 4.69) is 41.4 Å². The molecule has 17 heavy (non-hydrogen) atoms. The summed E-state index contributed by atoms with van der Waals surface area (Å²) in [6, 6.07) is 2.35. The van der Waals surface area contributed by atoms with E-state index in [0.717, 1.165) is 23.6 Å². The van der Waals surface area contributed by atoms with E-state index >= 15 is 0 Å². The number of nitrogens with zero attached hydrogens (tertiary/aromatic N) is 3. The molecule has 0 aliphatic heterocycles. The maximum Gasteiger partial charge on any atom is 0.0828 e. The zero-order valence-electron chi connectivity index (χ0n) is 10.8. The van der Waals surface area contributed by atoms with Crippen LogP contribution in [0.3, 0.4) is 0 Å². The second kappa shape index (κ2) is 4.61. The Morgan fingerprint density at radius 2 is 2.18 bits per heavy atom. The molecule has 2 aromatic rings. The van der Waals surface area contributed by atoms with Gasteiger partial charge in [0, 0.05) is 12.2 Å². The molecule has 0 amide bonds. The lowest BCUT2D eigenvalue weighted by atomic mass is 10.3. The molecule has 2 rings (SSSR count). The number of aromatic amines is 1. The zero-order chi connectivity index (χ0) is 12.4. The Morgan fingerprint density at radius 3 is 2.71 bits per heavy atom. The van der Waals surface area contributed by atoms with E-state index in [-0.39, 0.29) is 0 Å². The maximum atomic E-state index is 4.54. The van der Waals surface area contributed by atoms with Crippen LogP contribution in [0.5, 0.6) is 0 Å². The maximum absolute atomic E-state index is 4.54. The van der Waals surface area contributed by atoms with Gasteiger partial charge in [-0.05, 0) is 33.8 Å². The van der Waals surface area contributed by atoms with Crippen molar-refractivity contribution in [2.75, 3.05) is 5.32 Å². The van der Waals surface area contributed by atoms with Gasteiger partial charge in [-0.1, -0.05) is 0 Å². The van der Waals surface area contributed by atoms with Gasteiger partial charge in [0.2, 0.25) is 0 Å². The quantitative estimate of drug-likeness (QED) is 0.852. The van der Waals surface area contributed by atoms with Crippen molar-refractivity contribution < 1.29 is 0 Å². The molecule has 0 saturated carbocycles. The van der Waals surface area contributed by atoms with Crippen LogP contribution in [0.1, 0.15) is 37.0 Å². The van der Waals surface area contributed by atoms with Crippen LogP contribution in [0.25, 0.3) is 0 Å². The Kier molecular flexibility index (Phi) is 3.17. The fourth-order valence-electron chi connectivity index (χ4n) is 1.99. The first kappa shape index (κ1) is 11.7. The van der Waals surface area contributed by atoms with Crippen LogP contribution in [-0.4, -0.2) is 20.0 Å². The second-order valence-corrected chi connectivity index (χ2v) is 4.52. The van der Waals surface area contributed by atoms with E-state index in [1.54, 1.807) is 6.20 Å². The van der Waals surface area contributed by atoms with Gasteiger partial charge in [-0.15, -0.1) is 0 Å². The van der Waals surface area contributed by atoms with Crippen LogP contribution >= 0.6 is 0 Å². The van der Waals surface area contributed by atoms with Gasteiger partial charge in [0.15, 0.2) is 0 Å². The molecule has 0 unspecified atom stereocenters. The van der Waals surface area contributed by atoms with Gasteiger partial charge in [0.1, 0.15) is 0 Å². The molecule has 0 atom stereocenters. The summed E-state index contributed by atoms with van der Waals surface area (Å²) in [7, 11) is 0. The molecule has 0 spiro atoms. The molecule has 5 nitrogen and oxygen atoms in total. The van der Waals surface area contributed by atoms with Gasteiger partial charge >= 0.3 is 0 Å². The number of aromatic nitrogens is 4. The van der Waals surface area contributed by atoms with Crippen LogP contribution in [0.15, 0.2) is 12.3 Å². The molecule has 0 radical (unpaired) electrons. The highest BCUT2D eigenvalue weighted by Crippen LogP contribution is 2.22. The Labute approximate surface area is 101 Å². The standard InChI is InChI=1S/C12H19N5/c1-8(2)17-10(4)12(9(3)16-17)13-7-11-5-6-14-15-11/h5-6,8,13H,7H2,1-4H3,(H,14,15). The van der Waals surface area contributed by atoms with E-state index in [4.69, 9.17) is 0 Å². The topological polar surface area (TPSA) is 58.5 Å². The minimum absolute atomic E-state index is 0.386. The van der Waals surface area contributed by atoms with Crippen LogP contribution < -0.4 is 5.32 Å². The minimum Gasteiger partial charge on any atom is -0.376 e. The molecule has 0 saturated heterocycles. The summed E-state index contributed by atoms with van der Waals surface area (Å²) in [4.78, 5) is 0. The SMILES string of the molecule is Cc1nn(C(C)C)c(C)c1NCc1ccn[nH]1. The molecule has 2 N–H and O–H groups in total. The van der Waals surface area contributed by atoms with Crippen LogP contribution in [0.4, 0.5) is 5.69 Å². The Hall–Kier alpha value is -1.78. The summed E-state index contributed by atoms with van der Waals surface area (Å²) < 4.78 is 2.05. The van der Waals surface area contributed by atoms with Gasteiger partial charge < -0.3 is 5.32 Å². The number of hydrogen-bond donors (Lipinski definition) is 2. The predicted octanol–water partition coefficient (Wildman–Crippen LogP) is 2.42. The lowest BCUT2D eigenvalue weighted by Gasteiger charge is -2.09. The molecule has 92 valence electrons. The first-order valence-electron chi connectivity index (χ1n) is 5.87. The van der Waals surface area contributed by atoms with Gasteiger partial charge in [-0.2, -0.15) is 10.2 Å². The van der Waals surface area contributed by atoms with Crippen molar-refractivity contribution in [2.24, 2.45) is 0 Å². The fourth-order valence-corrected chi connectivity index (χ4v) is 1.99. The van der Waals surface area contributed by atoms with Crippen molar-refractivity contribution in [3.63, 3.8) is 0 Å². The molecule has 0 aliphatic rings. The summed E-state index contributed by atoms with van der Waals surface area (Å²) >= 11 is 0. The average molecular weight is 233 g/mol. The second-order valence-electron chi connectivity index (χ2n) is 4.52. The molecule has 2 heterocycles. The predicted molar refractivity (Wildman–Crippen MR) is 68.0 cm³/mol. The molecule has 0 aliphatic carbocycles. The molecule has 5 heteroatoms. The summed E-state index contributed by atoms with van der Waals surface area (Å²) in [5.74, 6) is 0. The molecular weight excluding hydrogens is 214 g/mol. The van der Waals surface area contributed by atoms with Crippen molar-refractivity contribution in [1.82, 2.24) is 20.0 Å². The minimum atomic E-state index is 0.386. The van der Waals surface area contributed by atoms with E-state index in [0.29, 0.717) is 6.04 Å². The largest absolute Gasteiger partial charge is 0.376 e.